The third-order valence-corrected chi connectivity index (χ3v) is 2.11. The summed E-state index contributed by atoms with van der Waals surface area (Å²) in [7, 11) is 0. The number of amides is 1. The maximum atomic E-state index is 11.7. The van der Waals surface area contributed by atoms with E-state index >= 15 is 0 Å². The molecular formula is C9H8ClN3O. The van der Waals surface area contributed by atoms with Crippen LogP contribution >= 0.6 is 11.6 Å². The van der Waals surface area contributed by atoms with Crippen LogP contribution in [0.15, 0.2) is 24.5 Å². The highest BCUT2D eigenvalue weighted by atomic mass is 35.5. The Kier molecular flexibility index (Phi) is 2.45. The van der Waals surface area contributed by atoms with Crippen molar-refractivity contribution < 1.29 is 4.79 Å². The largest absolute Gasteiger partial charge is 0.330 e. The summed E-state index contributed by atoms with van der Waals surface area (Å²) in [6.07, 6.45) is 6.71. The summed E-state index contributed by atoms with van der Waals surface area (Å²) in [6, 6.07) is 0. The lowest BCUT2D eigenvalue weighted by Crippen LogP contribution is -2.29. The van der Waals surface area contributed by atoms with Crippen LogP contribution in [0.3, 0.4) is 0 Å². The van der Waals surface area contributed by atoms with Gasteiger partial charge >= 0.3 is 0 Å². The second-order valence-electron chi connectivity index (χ2n) is 2.91. The molecule has 14 heavy (non-hydrogen) atoms. The number of carbonyl (C=O) groups is 1. The van der Waals surface area contributed by atoms with E-state index in [0.29, 0.717) is 18.8 Å². The molecule has 0 unspecified atom stereocenters. The van der Waals surface area contributed by atoms with Crippen molar-refractivity contribution in [2.75, 3.05) is 13.1 Å². The maximum absolute atomic E-state index is 11.7. The van der Waals surface area contributed by atoms with E-state index in [1.807, 2.05) is 12.2 Å². The molecule has 1 aromatic rings. The molecule has 0 aromatic carbocycles. The number of carbonyl (C=O) groups excluding carboxylic acids is 1. The molecule has 1 aliphatic rings. The fourth-order valence-electron chi connectivity index (χ4n) is 1.25. The summed E-state index contributed by atoms with van der Waals surface area (Å²) < 4.78 is 0. The Labute approximate surface area is 86.2 Å². The van der Waals surface area contributed by atoms with E-state index in [1.165, 1.54) is 12.4 Å². The van der Waals surface area contributed by atoms with Gasteiger partial charge in [-0.15, -0.1) is 0 Å². The molecule has 5 heteroatoms. The normalized spacial score (nSPS) is 14.8. The van der Waals surface area contributed by atoms with Gasteiger partial charge in [0.2, 0.25) is 0 Å². The number of halogens is 1. The quantitative estimate of drug-likeness (QED) is 0.652. The zero-order valence-corrected chi connectivity index (χ0v) is 8.11. The number of aromatic nitrogens is 2. The molecule has 0 saturated heterocycles. The number of nitrogens with zero attached hydrogens (tertiary/aromatic N) is 3. The lowest BCUT2D eigenvalue weighted by molar-refractivity contribution is 0.0794. The van der Waals surface area contributed by atoms with Crippen LogP contribution in [0.25, 0.3) is 0 Å². The summed E-state index contributed by atoms with van der Waals surface area (Å²) >= 11 is 5.64. The van der Waals surface area contributed by atoms with Crippen LogP contribution < -0.4 is 0 Å². The molecule has 1 aromatic heterocycles. The molecule has 0 atom stereocenters. The summed E-state index contributed by atoms with van der Waals surface area (Å²) in [5, 5.41) is 0.239. The summed E-state index contributed by atoms with van der Waals surface area (Å²) in [5.74, 6) is -0.134. The molecule has 0 spiro atoms. The van der Waals surface area contributed by atoms with Crippen LogP contribution in [0, 0.1) is 0 Å². The monoisotopic (exact) mass is 209 g/mol. The minimum atomic E-state index is -0.134. The molecule has 0 saturated carbocycles. The zero-order valence-electron chi connectivity index (χ0n) is 7.35. The molecule has 0 N–H and O–H groups in total. The van der Waals surface area contributed by atoms with Crippen LogP contribution in [0.2, 0.25) is 5.15 Å². The van der Waals surface area contributed by atoms with Crippen molar-refractivity contribution in [2.24, 2.45) is 0 Å². The lowest BCUT2D eigenvalue weighted by atomic mass is 10.4. The second-order valence-corrected chi connectivity index (χ2v) is 3.30. The molecule has 1 amide bonds. The summed E-state index contributed by atoms with van der Waals surface area (Å²) in [6.45, 7) is 1.26. The zero-order chi connectivity index (χ0) is 9.97. The van der Waals surface area contributed by atoms with Gasteiger partial charge in [-0.1, -0.05) is 23.8 Å². The third kappa shape index (κ3) is 1.75. The van der Waals surface area contributed by atoms with Crippen LogP contribution in [-0.4, -0.2) is 33.9 Å². The smallest absolute Gasteiger partial charge is 0.274 e. The van der Waals surface area contributed by atoms with Gasteiger partial charge in [0.05, 0.1) is 12.4 Å². The van der Waals surface area contributed by atoms with Crippen molar-refractivity contribution in [3.8, 4) is 0 Å². The molecule has 0 aliphatic carbocycles. The van der Waals surface area contributed by atoms with E-state index in [-0.39, 0.29) is 11.1 Å². The Morgan fingerprint density at radius 2 is 2.07 bits per heavy atom. The van der Waals surface area contributed by atoms with Gasteiger partial charge < -0.3 is 4.90 Å². The van der Waals surface area contributed by atoms with Gasteiger partial charge in [0.25, 0.3) is 5.91 Å². The molecule has 0 bridgehead atoms. The Balaban J connectivity index is 2.18. The van der Waals surface area contributed by atoms with Gasteiger partial charge in [-0.05, 0) is 0 Å². The number of rotatable bonds is 1. The Hall–Kier alpha value is -1.42. The SMILES string of the molecule is O=C(c1cncc(Cl)n1)N1CC=CC1. The highest BCUT2D eigenvalue weighted by Gasteiger charge is 2.17. The highest BCUT2D eigenvalue weighted by molar-refractivity contribution is 6.29. The standard InChI is InChI=1S/C9H8ClN3O/c10-8-6-11-5-7(12-8)9(14)13-3-1-2-4-13/h1-2,5-6H,3-4H2. The minimum absolute atomic E-state index is 0.134. The first-order chi connectivity index (χ1) is 6.77. The summed E-state index contributed by atoms with van der Waals surface area (Å²) in [5.41, 5.74) is 0.293. The van der Waals surface area contributed by atoms with E-state index in [4.69, 9.17) is 11.6 Å². The van der Waals surface area contributed by atoms with Crippen LogP contribution in [-0.2, 0) is 0 Å². The van der Waals surface area contributed by atoms with Crippen molar-refractivity contribution in [2.45, 2.75) is 0 Å². The molecule has 72 valence electrons. The summed E-state index contributed by atoms with van der Waals surface area (Å²) in [4.78, 5) is 21.1. The van der Waals surface area contributed by atoms with Gasteiger partial charge in [-0.2, -0.15) is 0 Å². The van der Waals surface area contributed by atoms with E-state index in [9.17, 15) is 4.79 Å². The van der Waals surface area contributed by atoms with Crippen LogP contribution in [0.5, 0.6) is 0 Å². The molecule has 0 fully saturated rings. The first kappa shape index (κ1) is 9.15. The van der Waals surface area contributed by atoms with Gasteiger partial charge in [-0.25, -0.2) is 4.98 Å². The average Bonchev–Trinajstić information content (AvgIpc) is 2.69. The topological polar surface area (TPSA) is 46.1 Å². The Bertz CT molecular complexity index is 383. The van der Waals surface area contributed by atoms with Gasteiger partial charge in [0, 0.05) is 13.1 Å². The predicted octanol–water partition coefficient (Wildman–Crippen LogP) is 1.14. The number of hydrogen-bond donors (Lipinski definition) is 0. The molecule has 2 rings (SSSR count). The van der Waals surface area contributed by atoms with Crippen molar-refractivity contribution >= 4 is 17.5 Å². The maximum Gasteiger partial charge on any atom is 0.274 e. The second kappa shape index (κ2) is 3.75. The van der Waals surface area contributed by atoms with Crippen molar-refractivity contribution in [3.63, 3.8) is 0 Å². The van der Waals surface area contributed by atoms with Crippen LogP contribution in [0.4, 0.5) is 0 Å². The fraction of sp³-hybridized carbons (Fsp3) is 0.222. The van der Waals surface area contributed by atoms with Crippen molar-refractivity contribution in [1.29, 1.82) is 0 Å². The number of hydrogen-bond acceptors (Lipinski definition) is 3. The molecule has 2 heterocycles. The van der Waals surface area contributed by atoms with Crippen LogP contribution in [0.1, 0.15) is 10.5 Å². The lowest BCUT2D eigenvalue weighted by Gasteiger charge is -2.13. The Morgan fingerprint density at radius 1 is 1.36 bits per heavy atom. The van der Waals surface area contributed by atoms with Crippen molar-refractivity contribution in [1.82, 2.24) is 14.9 Å². The first-order valence-electron chi connectivity index (χ1n) is 4.19. The molecular weight excluding hydrogens is 202 g/mol. The van der Waals surface area contributed by atoms with E-state index < -0.39 is 0 Å². The molecule has 1 aliphatic heterocycles. The Morgan fingerprint density at radius 3 is 2.71 bits per heavy atom. The first-order valence-corrected chi connectivity index (χ1v) is 4.57. The third-order valence-electron chi connectivity index (χ3n) is 1.93. The van der Waals surface area contributed by atoms with Gasteiger partial charge in [0.1, 0.15) is 10.8 Å². The average molecular weight is 210 g/mol. The van der Waals surface area contributed by atoms with Gasteiger partial charge in [-0.3, -0.25) is 9.78 Å². The predicted molar refractivity (Wildman–Crippen MR) is 52.1 cm³/mol. The van der Waals surface area contributed by atoms with Crippen molar-refractivity contribution in [3.05, 3.63) is 35.4 Å². The highest BCUT2D eigenvalue weighted by Crippen LogP contribution is 2.08. The molecule has 0 radical (unpaired) electrons. The van der Waals surface area contributed by atoms with E-state index in [2.05, 4.69) is 9.97 Å². The fourth-order valence-corrected chi connectivity index (χ4v) is 1.40. The van der Waals surface area contributed by atoms with Gasteiger partial charge in [0.15, 0.2) is 0 Å². The van der Waals surface area contributed by atoms with E-state index in [1.54, 1.807) is 4.90 Å². The van der Waals surface area contributed by atoms with E-state index in [0.717, 1.165) is 0 Å². The molecule has 4 nitrogen and oxygen atoms in total. The minimum Gasteiger partial charge on any atom is -0.330 e.